The van der Waals surface area contributed by atoms with Crippen molar-refractivity contribution in [3.8, 4) is 0 Å². The molecule has 0 saturated heterocycles. The molecule has 1 atom stereocenters. The van der Waals surface area contributed by atoms with Gasteiger partial charge in [0.15, 0.2) is 5.16 Å². The Labute approximate surface area is 129 Å². The predicted octanol–water partition coefficient (Wildman–Crippen LogP) is 4.13. The number of carbonyl (C=O) groups is 1. The average Bonchev–Trinajstić information content (AvgIpc) is 2.75. The molecule has 5 heteroatoms. The third kappa shape index (κ3) is 3.59. The monoisotopic (exact) mass is 306 g/mol. The Morgan fingerprint density at radius 1 is 1.38 bits per heavy atom. The highest BCUT2D eigenvalue weighted by molar-refractivity contribution is 7.99. The molecule has 114 valence electrons. The van der Waals surface area contributed by atoms with Crippen LogP contribution < -0.4 is 0 Å². The summed E-state index contributed by atoms with van der Waals surface area (Å²) in [5, 5.41) is 9.72. The van der Waals surface area contributed by atoms with Gasteiger partial charge in [0.05, 0.1) is 16.8 Å². The van der Waals surface area contributed by atoms with Gasteiger partial charge < -0.3 is 9.67 Å². The minimum absolute atomic E-state index is 0.0385. The molecule has 2 aromatic rings. The standard InChI is InChI=1S/C16H22N2O2S/c1-10(2)8-12(4)18-15-11(3)6-5-7-13(15)17-16(18)21-9-14(19)20/h5-7,10,12H,8-9H2,1-4H3,(H,19,20). The molecule has 0 aliphatic heterocycles. The number of rotatable bonds is 6. The van der Waals surface area contributed by atoms with Gasteiger partial charge in [0, 0.05) is 6.04 Å². The van der Waals surface area contributed by atoms with Crippen molar-refractivity contribution in [2.75, 3.05) is 5.75 Å². The third-order valence-electron chi connectivity index (χ3n) is 3.46. The molecule has 0 aliphatic carbocycles. The maximum absolute atomic E-state index is 10.9. The van der Waals surface area contributed by atoms with Gasteiger partial charge in [0.2, 0.25) is 0 Å². The molecule has 0 amide bonds. The van der Waals surface area contributed by atoms with Crippen molar-refractivity contribution >= 4 is 28.8 Å². The van der Waals surface area contributed by atoms with E-state index in [-0.39, 0.29) is 5.75 Å². The van der Waals surface area contributed by atoms with Crippen molar-refractivity contribution in [1.82, 2.24) is 9.55 Å². The van der Waals surface area contributed by atoms with E-state index in [4.69, 9.17) is 5.11 Å². The molecular formula is C16H22N2O2S. The highest BCUT2D eigenvalue weighted by Crippen LogP contribution is 2.32. The number of carboxylic acids is 1. The summed E-state index contributed by atoms with van der Waals surface area (Å²) in [5.74, 6) is -0.192. The first-order valence-electron chi connectivity index (χ1n) is 7.22. The van der Waals surface area contributed by atoms with E-state index in [1.165, 1.54) is 17.3 Å². The summed E-state index contributed by atoms with van der Waals surface area (Å²) in [5.41, 5.74) is 3.25. The first-order chi connectivity index (χ1) is 9.90. The van der Waals surface area contributed by atoms with Crippen molar-refractivity contribution in [2.24, 2.45) is 5.92 Å². The van der Waals surface area contributed by atoms with E-state index in [0.717, 1.165) is 22.6 Å². The van der Waals surface area contributed by atoms with E-state index in [1.54, 1.807) is 0 Å². The van der Waals surface area contributed by atoms with Gasteiger partial charge in [-0.2, -0.15) is 0 Å². The van der Waals surface area contributed by atoms with E-state index in [0.29, 0.717) is 12.0 Å². The summed E-state index contributed by atoms with van der Waals surface area (Å²) in [6.07, 6.45) is 1.04. The molecule has 0 radical (unpaired) electrons. The van der Waals surface area contributed by atoms with E-state index >= 15 is 0 Å². The van der Waals surface area contributed by atoms with Crippen LogP contribution in [0.1, 0.15) is 38.8 Å². The zero-order valence-corrected chi connectivity index (χ0v) is 13.8. The molecule has 1 unspecified atom stereocenters. The molecule has 0 aliphatic rings. The molecule has 0 saturated carbocycles. The van der Waals surface area contributed by atoms with E-state index in [2.05, 4.69) is 43.3 Å². The van der Waals surface area contributed by atoms with Gasteiger partial charge in [-0.25, -0.2) is 4.98 Å². The Morgan fingerprint density at radius 3 is 2.71 bits per heavy atom. The number of carboxylic acid groups (broad SMARTS) is 1. The van der Waals surface area contributed by atoms with Crippen LogP contribution in [-0.4, -0.2) is 26.4 Å². The van der Waals surface area contributed by atoms with Gasteiger partial charge in [0.25, 0.3) is 0 Å². The Balaban J connectivity index is 2.50. The highest BCUT2D eigenvalue weighted by atomic mass is 32.2. The molecule has 21 heavy (non-hydrogen) atoms. The summed E-state index contributed by atoms with van der Waals surface area (Å²) >= 11 is 1.30. The van der Waals surface area contributed by atoms with Gasteiger partial charge >= 0.3 is 5.97 Å². The number of benzene rings is 1. The highest BCUT2D eigenvalue weighted by Gasteiger charge is 2.19. The van der Waals surface area contributed by atoms with Gasteiger partial charge in [-0.1, -0.05) is 37.7 Å². The lowest BCUT2D eigenvalue weighted by atomic mass is 10.0. The topological polar surface area (TPSA) is 55.1 Å². The number of fused-ring (bicyclic) bond motifs is 1. The minimum atomic E-state index is -0.813. The fraction of sp³-hybridized carbons (Fsp3) is 0.500. The molecule has 0 spiro atoms. The van der Waals surface area contributed by atoms with Crippen LogP contribution in [-0.2, 0) is 4.79 Å². The summed E-state index contributed by atoms with van der Waals surface area (Å²) in [6, 6.07) is 6.36. The molecule has 2 rings (SSSR count). The number of aliphatic carboxylic acids is 1. The SMILES string of the molecule is Cc1cccc2nc(SCC(=O)O)n(C(C)CC(C)C)c12. The first kappa shape index (κ1) is 15.9. The van der Waals surface area contributed by atoms with Crippen molar-refractivity contribution in [1.29, 1.82) is 0 Å². The molecular weight excluding hydrogens is 284 g/mol. The number of aryl methyl sites for hydroxylation is 1. The quantitative estimate of drug-likeness (QED) is 0.815. The lowest BCUT2D eigenvalue weighted by Crippen LogP contribution is -2.11. The van der Waals surface area contributed by atoms with E-state index in [1.807, 2.05) is 12.1 Å². The lowest BCUT2D eigenvalue weighted by molar-refractivity contribution is -0.133. The number of nitrogens with zero attached hydrogens (tertiary/aromatic N) is 2. The Bertz CT molecular complexity index is 649. The Kier molecular flexibility index (Phi) is 4.93. The minimum Gasteiger partial charge on any atom is -0.481 e. The van der Waals surface area contributed by atoms with Crippen LogP contribution in [0.15, 0.2) is 23.4 Å². The first-order valence-corrected chi connectivity index (χ1v) is 8.20. The van der Waals surface area contributed by atoms with Gasteiger partial charge in [-0.15, -0.1) is 0 Å². The van der Waals surface area contributed by atoms with Crippen molar-refractivity contribution < 1.29 is 9.90 Å². The van der Waals surface area contributed by atoms with Crippen LogP contribution in [0.4, 0.5) is 0 Å². The lowest BCUT2D eigenvalue weighted by Gasteiger charge is -2.19. The molecule has 1 aromatic heterocycles. The summed E-state index contributed by atoms with van der Waals surface area (Å²) in [4.78, 5) is 15.5. The van der Waals surface area contributed by atoms with Crippen LogP contribution >= 0.6 is 11.8 Å². The molecule has 0 bridgehead atoms. The summed E-state index contributed by atoms with van der Waals surface area (Å²) in [6.45, 7) is 8.66. The molecule has 1 heterocycles. The second-order valence-corrected chi connectivity index (χ2v) is 6.81. The fourth-order valence-corrected chi connectivity index (χ4v) is 3.55. The maximum Gasteiger partial charge on any atom is 0.313 e. The normalized spacial score (nSPS) is 13.0. The van der Waals surface area contributed by atoms with Crippen LogP contribution in [0.25, 0.3) is 11.0 Å². The van der Waals surface area contributed by atoms with Crippen LogP contribution in [0.2, 0.25) is 0 Å². The van der Waals surface area contributed by atoms with Crippen LogP contribution in [0.5, 0.6) is 0 Å². The second kappa shape index (κ2) is 6.52. The number of aromatic nitrogens is 2. The fourth-order valence-electron chi connectivity index (χ4n) is 2.72. The van der Waals surface area contributed by atoms with Crippen molar-refractivity contribution in [2.45, 2.75) is 45.3 Å². The predicted molar refractivity (Wildman–Crippen MR) is 87.0 cm³/mol. The Hall–Kier alpha value is -1.49. The van der Waals surface area contributed by atoms with Crippen LogP contribution in [0, 0.1) is 12.8 Å². The zero-order chi connectivity index (χ0) is 15.6. The largest absolute Gasteiger partial charge is 0.481 e. The average molecular weight is 306 g/mol. The van der Waals surface area contributed by atoms with E-state index < -0.39 is 5.97 Å². The smallest absolute Gasteiger partial charge is 0.313 e. The number of hydrogen-bond acceptors (Lipinski definition) is 3. The number of para-hydroxylation sites is 1. The summed E-state index contributed by atoms with van der Waals surface area (Å²) < 4.78 is 2.21. The zero-order valence-electron chi connectivity index (χ0n) is 13.0. The van der Waals surface area contributed by atoms with E-state index in [9.17, 15) is 4.79 Å². The number of thioether (sulfide) groups is 1. The third-order valence-corrected chi connectivity index (χ3v) is 4.40. The van der Waals surface area contributed by atoms with Crippen LogP contribution in [0.3, 0.4) is 0 Å². The Morgan fingerprint density at radius 2 is 2.10 bits per heavy atom. The number of hydrogen-bond donors (Lipinski definition) is 1. The van der Waals surface area contributed by atoms with Crippen molar-refractivity contribution in [3.05, 3.63) is 23.8 Å². The van der Waals surface area contributed by atoms with Crippen molar-refractivity contribution in [3.63, 3.8) is 0 Å². The van der Waals surface area contributed by atoms with Gasteiger partial charge in [-0.3, -0.25) is 4.79 Å². The van der Waals surface area contributed by atoms with Gasteiger partial charge in [-0.05, 0) is 37.8 Å². The van der Waals surface area contributed by atoms with Gasteiger partial charge in [0.1, 0.15) is 0 Å². The molecule has 4 nitrogen and oxygen atoms in total. The maximum atomic E-state index is 10.9. The molecule has 0 fully saturated rings. The second-order valence-electron chi connectivity index (χ2n) is 5.87. The molecule has 1 aromatic carbocycles. The molecule has 1 N–H and O–H groups in total. The summed E-state index contributed by atoms with van der Waals surface area (Å²) in [7, 11) is 0. The number of imidazole rings is 1.